The molecule has 1 aliphatic rings. The highest BCUT2D eigenvalue weighted by Gasteiger charge is 2.31. The summed E-state index contributed by atoms with van der Waals surface area (Å²) in [7, 11) is 2.06. The van der Waals surface area contributed by atoms with Crippen LogP contribution in [0.15, 0.2) is 0 Å². The van der Waals surface area contributed by atoms with Crippen molar-refractivity contribution >= 4 is 0 Å². The molecule has 1 heterocycles. The summed E-state index contributed by atoms with van der Waals surface area (Å²) in [6.45, 7) is 5.09. The molecule has 0 aromatic heterocycles. The first kappa shape index (κ1) is 7.99. The van der Waals surface area contributed by atoms with E-state index in [9.17, 15) is 4.39 Å². The zero-order chi connectivity index (χ0) is 7.78. The van der Waals surface area contributed by atoms with Crippen LogP contribution in [0.4, 0.5) is 4.39 Å². The van der Waals surface area contributed by atoms with E-state index in [0.29, 0.717) is 12.8 Å². The number of rotatable bonds is 0. The van der Waals surface area contributed by atoms with Crippen LogP contribution in [0, 0.1) is 0 Å². The van der Waals surface area contributed by atoms with E-state index in [2.05, 4.69) is 25.8 Å². The van der Waals surface area contributed by atoms with Crippen molar-refractivity contribution in [1.29, 1.82) is 0 Å². The molecule has 1 nitrogen and oxygen atoms in total. The Labute approximate surface area is 62.2 Å². The summed E-state index contributed by atoms with van der Waals surface area (Å²) in [5.74, 6) is 0. The number of nitrogens with zero attached hydrogens (tertiary/aromatic N) is 1. The molecule has 2 heteroatoms. The second-order valence-corrected chi connectivity index (χ2v) is 3.82. The summed E-state index contributed by atoms with van der Waals surface area (Å²) in [5.41, 5.74) is 0.0671. The van der Waals surface area contributed by atoms with E-state index < -0.39 is 6.17 Å². The van der Waals surface area contributed by atoms with Gasteiger partial charge in [-0.05, 0) is 33.7 Å². The van der Waals surface area contributed by atoms with Crippen molar-refractivity contribution in [2.75, 3.05) is 13.6 Å². The summed E-state index contributed by atoms with van der Waals surface area (Å²) in [4.78, 5) is 2.23. The fourth-order valence-electron chi connectivity index (χ4n) is 1.44. The fourth-order valence-corrected chi connectivity index (χ4v) is 1.44. The summed E-state index contributed by atoms with van der Waals surface area (Å²) >= 11 is 0. The zero-order valence-electron chi connectivity index (χ0n) is 7.02. The fraction of sp³-hybridized carbons (Fsp3) is 1.00. The lowest BCUT2D eigenvalue weighted by molar-refractivity contribution is 0.0549. The number of hydrogen-bond donors (Lipinski definition) is 0. The Bertz CT molecular complexity index is 122. The largest absolute Gasteiger partial charge is 0.301 e. The normalized spacial score (nSPS) is 34.2. The molecule has 0 radical (unpaired) electrons. The van der Waals surface area contributed by atoms with E-state index in [-0.39, 0.29) is 5.54 Å². The van der Waals surface area contributed by atoms with Crippen molar-refractivity contribution in [3.05, 3.63) is 0 Å². The number of alkyl halides is 1. The summed E-state index contributed by atoms with van der Waals surface area (Å²) < 4.78 is 12.8. The van der Waals surface area contributed by atoms with Crippen molar-refractivity contribution in [1.82, 2.24) is 4.90 Å². The van der Waals surface area contributed by atoms with Crippen LogP contribution in [0.1, 0.15) is 26.7 Å². The Balaban J connectivity index is 2.55. The van der Waals surface area contributed by atoms with Gasteiger partial charge in [-0.15, -0.1) is 0 Å². The molecular formula is C8H16FN. The minimum atomic E-state index is -0.578. The number of hydrogen-bond acceptors (Lipinski definition) is 1. The average molecular weight is 145 g/mol. The summed E-state index contributed by atoms with van der Waals surface area (Å²) in [5, 5.41) is 0. The summed E-state index contributed by atoms with van der Waals surface area (Å²) in [6, 6.07) is 0. The maximum absolute atomic E-state index is 12.8. The first-order chi connectivity index (χ1) is 4.52. The molecule has 0 aromatic rings. The van der Waals surface area contributed by atoms with Gasteiger partial charge in [0.1, 0.15) is 6.17 Å². The minimum absolute atomic E-state index is 0.0671. The highest BCUT2D eigenvalue weighted by atomic mass is 19.1. The first-order valence-corrected chi connectivity index (χ1v) is 3.88. The molecule has 1 unspecified atom stereocenters. The van der Waals surface area contributed by atoms with E-state index in [0.717, 1.165) is 6.54 Å². The van der Waals surface area contributed by atoms with Gasteiger partial charge in [0.2, 0.25) is 0 Å². The van der Waals surface area contributed by atoms with Gasteiger partial charge in [-0.3, -0.25) is 0 Å². The minimum Gasteiger partial charge on any atom is -0.301 e. The molecule has 0 spiro atoms. The molecule has 0 aliphatic carbocycles. The van der Waals surface area contributed by atoms with Crippen LogP contribution in [0.25, 0.3) is 0 Å². The molecule has 10 heavy (non-hydrogen) atoms. The molecule has 1 saturated heterocycles. The molecule has 1 aliphatic heterocycles. The van der Waals surface area contributed by atoms with Gasteiger partial charge in [0.15, 0.2) is 0 Å². The van der Waals surface area contributed by atoms with E-state index >= 15 is 0 Å². The molecule has 0 saturated carbocycles. The van der Waals surface area contributed by atoms with Crippen molar-refractivity contribution in [2.45, 2.75) is 38.4 Å². The maximum Gasteiger partial charge on any atom is 0.103 e. The van der Waals surface area contributed by atoms with Crippen LogP contribution in [0.3, 0.4) is 0 Å². The van der Waals surface area contributed by atoms with Gasteiger partial charge in [0, 0.05) is 12.1 Å². The number of likely N-dealkylation sites (tertiary alicyclic amines) is 1. The van der Waals surface area contributed by atoms with Crippen LogP contribution in [0.5, 0.6) is 0 Å². The SMILES string of the molecule is CN1CCC(F)CC1(C)C. The predicted molar refractivity (Wildman–Crippen MR) is 40.8 cm³/mol. The van der Waals surface area contributed by atoms with Crippen LogP contribution in [-0.2, 0) is 0 Å². The van der Waals surface area contributed by atoms with E-state index in [1.54, 1.807) is 0 Å². The third kappa shape index (κ3) is 1.48. The zero-order valence-corrected chi connectivity index (χ0v) is 7.02. The molecule has 0 N–H and O–H groups in total. The molecule has 0 amide bonds. The second-order valence-electron chi connectivity index (χ2n) is 3.82. The van der Waals surface area contributed by atoms with Gasteiger partial charge in [-0.25, -0.2) is 4.39 Å². The lowest BCUT2D eigenvalue weighted by atomic mass is 9.90. The molecule has 1 fully saturated rings. The van der Waals surface area contributed by atoms with E-state index in [4.69, 9.17) is 0 Å². The first-order valence-electron chi connectivity index (χ1n) is 3.88. The standard InChI is InChI=1S/C8H16FN/c1-8(2)6-7(9)4-5-10(8)3/h7H,4-6H2,1-3H3. The number of halogens is 1. The topological polar surface area (TPSA) is 3.24 Å². The maximum atomic E-state index is 12.8. The summed E-state index contributed by atoms with van der Waals surface area (Å²) in [6.07, 6.45) is 0.815. The highest BCUT2D eigenvalue weighted by Crippen LogP contribution is 2.27. The van der Waals surface area contributed by atoms with Gasteiger partial charge in [0.05, 0.1) is 0 Å². The molecule has 60 valence electrons. The van der Waals surface area contributed by atoms with Crippen molar-refractivity contribution in [3.8, 4) is 0 Å². The lowest BCUT2D eigenvalue weighted by Crippen LogP contribution is -2.48. The van der Waals surface area contributed by atoms with Crippen molar-refractivity contribution in [2.24, 2.45) is 0 Å². The average Bonchev–Trinajstić information content (AvgIpc) is 1.78. The number of piperidine rings is 1. The van der Waals surface area contributed by atoms with Gasteiger partial charge in [-0.1, -0.05) is 0 Å². The Kier molecular flexibility index (Phi) is 1.99. The van der Waals surface area contributed by atoms with Gasteiger partial charge < -0.3 is 4.90 Å². The quantitative estimate of drug-likeness (QED) is 0.502. The lowest BCUT2D eigenvalue weighted by Gasteiger charge is -2.41. The Morgan fingerprint density at radius 3 is 2.50 bits per heavy atom. The highest BCUT2D eigenvalue weighted by molar-refractivity contribution is 4.87. The molecule has 0 bridgehead atoms. The monoisotopic (exact) mass is 145 g/mol. The van der Waals surface area contributed by atoms with E-state index in [1.165, 1.54) is 0 Å². The Morgan fingerprint density at radius 2 is 2.10 bits per heavy atom. The molecular weight excluding hydrogens is 129 g/mol. The van der Waals surface area contributed by atoms with Crippen LogP contribution in [-0.4, -0.2) is 30.2 Å². The van der Waals surface area contributed by atoms with Crippen molar-refractivity contribution in [3.63, 3.8) is 0 Å². The van der Waals surface area contributed by atoms with Crippen LogP contribution >= 0.6 is 0 Å². The molecule has 0 aromatic carbocycles. The Hall–Kier alpha value is -0.110. The predicted octanol–water partition coefficient (Wildman–Crippen LogP) is 1.83. The van der Waals surface area contributed by atoms with Gasteiger partial charge in [0.25, 0.3) is 0 Å². The molecule has 1 atom stereocenters. The van der Waals surface area contributed by atoms with Crippen molar-refractivity contribution < 1.29 is 4.39 Å². The third-order valence-corrected chi connectivity index (χ3v) is 2.53. The van der Waals surface area contributed by atoms with Crippen LogP contribution in [0.2, 0.25) is 0 Å². The Morgan fingerprint density at radius 1 is 1.50 bits per heavy atom. The van der Waals surface area contributed by atoms with E-state index in [1.807, 2.05) is 0 Å². The van der Waals surface area contributed by atoms with Crippen LogP contribution < -0.4 is 0 Å². The smallest absolute Gasteiger partial charge is 0.103 e. The molecule has 1 rings (SSSR count). The van der Waals surface area contributed by atoms with Gasteiger partial charge in [-0.2, -0.15) is 0 Å². The van der Waals surface area contributed by atoms with Gasteiger partial charge >= 0.3 is 0 Å². The second kappa shape index (κ2) is 2.50. The third-order valence-electron chi connectivity index (χ3n) is 2.53.